The zero-order chi connectivity index (χ0) is 15.4. The van der Waals surface area contributed by atoms with Gasteiger partial charge >= 0.3 is 12.0 Å². The number of urea groups is 1. The minimum atomic E-state index is -0.930. The summed E-state index contributed by atoms with van der Waals surface area (Å²) in [4.78, 5) is 24.9. The topological polar surface area (TPSA) is 69.6 Å². The fraction of sp³-hybridized carbons (Fsp3) is 0.500. The highest BCUT2D eigenvalue weighted by atomic mass is 16.4. The van der Waals surface area contributed by atoms with Crippen molar-refractivity contribution in [2.24, 2.45) is 5.92 Å². The fourth-order valence-corrected chi connectivity index (χ4v) is 2.86. The molecule has 0 spiro atoms. The first-order valence-electron chi connectivity index (χ1n) is 7.34. The molecule has 2 unspecified atom stereocenters. The van der Waals surface area contributed by atoms with Gasteiger partial charge in [-0.25, -0.2) is 9.59 Å². The molecular weight excluding hydrogens is 268 g/mol. The maximum Gasteiger partial charge on any atom is 0.335 e. The summed E-state index contributed by atoms with van der Waals surface area (Å²) >= 11 is 0. The van der Waals surface area contributed by atoms with Crippen LogP contribution in [-0.4, -0.2) is 41.1 Å². The van der Waals surface area contributed by atoms with Gasteiger partial charge in [0, 0.05) is 19.1 Å². The van der Waals surface area contributed by atoms with Crippen molar-refractivity contribution in [3.05, 3.63) is 35.4 Å². The van der Waals surface area contributed by atoms with Crippen molar-refractivity contribution in [3.63, 3.8) is 0 Å². The molecule has 2 N–H and O–H groups in total. The van der Waals surface area contributed by atoms with Crippen LogP contribution in [0.4, 0.5) is 4.79 Å². The van der Waals surface area contributed by atoms with Crippen molar-refractivity contribution in [1.29, 1.82) is 0 Å². The number of hydrogen-bond acceptors (Lipinski definition) is 2. The quantitative estimate of drug-likeness (QED) is 0.894. The van der Waals surface area contributed by atoms with Gasteiger partial charge in [-0.15, -0.1) is 0 Å². The Morgan fingerprint density at radius 3 is 2.76 bits per heavy atom. The zero-order valence-electron chi connectivity index (χ0n) is 12.5. The second kappa shape index (κ2) is 6.61. The van der Waals surface area contributed by atoms with E-state index in [1.165, 1.54) is 0 Å². The number of amides is 2. The molecule has 0 radical (unpaired) electrons. The van der Waals surface area contributed by atoms with Crippen molar-refractivity contribution < 1.29 is 14.7 Å². The summed E-state index contributed by atoms with van der Waals surface area (Å²) in [5.41, 5.74) is 1.19. The number of benzene rings is 1. The summed E-state index contributed by atoms with van der Waals surface area (Å²) in [6.45, 7) is 5.54. The highest BCUT2D eigenvalue weighted by molar-refractivity contribution is 5.87. The SMILES string of the molecule is CC1CC(C)N(C(=O)NCCc2cccc(C(=O)O)c2)C1. The van der Waals surface area contributed by atoms with Crippen LogP contribution in [0.2, 0.25) is 0 Å². The summed E-state index contributed by atoms with van der Waals surface area (Å²) in [5, 5.41) is 11.9. The average Bonchev–Trinajstić information content (AvgIpc) is 2.78. The van der Waals surface area contributed by atoms with Crippen LogP contribution in [0.1, 0.15) is 36.2 Å². The van der Waals surface area contributed by atoms with E-state index < -0.39 is 5.97 Å². The van der Waals surface area contributed by atoms with Crippen LogP contribution in [-0.2, 0) is 6.42 Å². The Morgan fingerprint density at radius 2 is 2.14 bits per heavy atom. The van der Waals surface area contributed by atoms with Gasteiger partial charge in [-0.05, 0) is 43.4 Å². The van der Waals surface area contributed by atoms with Gasteiger partial charge in [-0.3, -0.25) is 0 Å². The van der Waals surface area contributed by atoms with Gasteiger partial charge < -0.3 is 15.3 Å². The van der Waals surface area contributed by atoms with Crippen molar-refractivity contribution >= 4 is 12.0 Å². The number of carboxylic acids is 1. The second-order valence-electron chi connectivity index (χ2n) is 5.83. The third-order valence-electron chi connectivity index (χ3n) is 3.91. The first-order chi connectivity index (χ1) is 9.97. The first-order valence-corrected chi connectivity index (χ1v) is 7.34. The van der Waals surface area contributed by atoms with Crippen LogP contribution in [0.15, 0.2) is 24.3 Å². The first kappa shape index (κ1) is 15.4. The highest BCUT2D eigenvalue weighted by Gasteiger charge is 2.29. The van der Waals surface area contributed by atoms with Gasteiger partial charge in [0.25, 0.3) is 0 Å². The molecule has 1 aliphatic rings. The molecule has 1 heterocycles. The molecule has 0 aromatic heterocycles. The molecule has 0 saturated carbocycles. The van der Waals surface area contributed by atoms with E-state index >= 15 is 0 Å². The average molecular weight is 290 g/mol. The highest BCUT2D eigenvalue weighted by Crippen LogP contribution is 2.21. The standard InChI is InChI=1S/C16H22N2O3/c1-11-8-12(2)18(10-11)16(21)17-7-6-13-4-3-5-14(9-13)15(19)20/h3-5,9,11-12H,6-8,10H2,1-2H3,(H,17,21)(H,19,20). The Hall–Kier alpha value is -2.04. The van der Waals surface area contributed by atoms with Gasteiger partial charge in [0.05, 0.1) is 5.56 Å². The lowest BCUT2D eigenvalue weighted by atomic mass is 10.1. The number of carbonyl (C=O) groups is 2. The lowest BCUT2D eigenvalue weighted by Crippen LogP contribution is -2.42. The number of carboxylic acid groups (broad SMARTS) is 1. The van der Waals surface area contributed by atoms with Gasteiger partial charge in [0.1, 0.15) is 0 Å². The van der Waals surface area contributed by atoms with E-state index in [1.807, 2.05) is 11.0 Å². The Balaban J connectivity index is 1.83. The Morgan fingerprint density at radius 1 is 1.38 bits per heavy atom. The molecule has 1 saturated heterocycles. The van der Waals surface area contributed by atoms with Crippen molar-refractivity contribution in [2.75, 3.05) is 13.1 Å². The van der Waals surface area contributed by atoms with Gasteiger partial charge in [0.2, 0.25) is 0 Å². The molecule has 114 valence electrons. The van der Waals surface area contributed by atoms with E-state index in [4.69, 9.17) is 5.11 Å². The number of carbonyl (C=O) groups excluding carboxylic acids is 1. The minimum Gasteiger partial charge on any atom is -0.478 e. The number of nitrogens with zero attached hydrogens (tertiary/aromatic N) is 1. The number of likely N-dealkylation sites (tertiary alicyclic amines) is 1. The molecule has 1 aliphatic heterocycles. The molecule has 0 bridgehead atoms. The molecular formula is C16H22N2O3. The molecule has 1 fully saturated rings. The van der Waals surface area contributed by atoms with Gasteiger partial charge in [0.15, 0.2) is 0 Å². The Kier molecular flexibility index (Phi) is 4.83. The number of nitrogens with one attached hydrogen (secondary N) is 1. The van der Waals surface area contributed by atoms with Crippen molar-refractivity contribution in [3.8, 4) is 0 Å². The molecule has 2 rings (SSSR count). The molecule has 5 heteroatoms. The van der Waals surface area contributed by atoms with E-state index in [-0.39, 0.29) is 17.6 Å². The summed E-state index contributed by atoms with van der Waals surface area (Å²) in [5.74, 6) is -0.376. The van der Waals surface area contributed by atoms with E-state index in [9.17, 15) is 9.59 Å². The third kappa shape index (κ3) is 3.97. The minimum absolute atomic E-state index is 0.0266. The molecule has 21 heavy (non-hydrogen) atoms. The van der Waals surface area contributed by atoms with Crippen molar-refractivity contribution in [1.82, 2.24) is 10.2 Å². The fourth-order valence-electron chi connectivity index (χ4n) is 2.86. The van der Waals surface area contributed by atoms with Crippen molar-refractivity contribution in [2.45, 2.75) is 32.7 Å². The number of aromatic carboxylic acids is 1. The van der Waals surface area contributed by atoms with Crippen LogP contribution in [0, 0.1) is 5.92 Å². The maximum atomic E-state index is 12.1. The predicted molar refractivity (Wildman–Crippen MR) is 80.5 cm³/mol. The third-order valence-corrected chi connectivity index (χ3v) is 3.91. The lowest BCUT2D eigenvalue weighted by Gasteiger charge is -2.21. The summed E-state index contributed by atoms with van der Waals surface area (Å²) < 4.78 is 0. The monoisotopic (exact) mass is 290 g/mol. The molecule has 5 nitrogen and oxygen atoms in total. The smallest absolute Gasteiger partial charge is 0.335 e. The van der Waals surface area contributed by atoms with Gasteiger partial charge in [-0.1, -0.05) is 19.1 Å². The largest absolute Gasteiger partial charge is 0.478 e. The van der Waals surface area contributed by atoms with Gasteiger partial charge in [-0.2, -0.15) is 0 Å². The van der Waals surface area contributed by atoms with Crippen LogP contribution < -0.4 is 5.32 Å². The van der Waals surface area contributed by atoms with Crippen LogP contribution >= 0.6 is 0 Å². The van der Waals surface area contributed by atoms with Crippen LogP contribution in [0.3, 0.4) is 0 Å². The number of hydrogen-bond donors (Lipinski definition) is 2. The molecule has 1 aromatic rings. The Labute approximate surface area is 125 Å². The predicted octanol–water partition coefficient (Wildman–Crippen LogP) is 2.37. The molecule has 2 atom stereocenters. The molecule has 2 amide bonds. The van der Waals surface area contributed by atoms with E-state index in [0.29, 0.717) is 18.9 Å². The van der Waals surface area contributed by atoms with E-state index in [2.05, 4.69) is 19.2 Å². The maximum absolute atomic E-state index is 12.1. The second-order valence-corrected chi connectivity index (χ2v) is 5.83. The van der Waals surface area contributed by atoms with Crippen LogP contribution in [0.25, 0.3) is 0 Å². The molecule has 0 aliphatic carbocycles. The van der Waals surface area contributed by atoms with E-state index in [0.717, 1.165) is 18.5 Å². The molecule has 1 aromatic carbocycles. The summed E-state index contributed by atoms with van der Waals surface area (Å²) in [6, 6.07) is 7.08. The summed E-state index contributed by atoms with van der Waals surface area (Å²) in [6.07, 6.45) is 1.68. The van der Waals surface area contributed by atoms with Crippen LogP contribution in [0.5, 0.6) is 0 Å². The van der Waals surface area contributed by atoms with E-state index in [1.54, 1.807) is 18.2 Å². The Bertz CT molecular complexity index is 530. The zero-order valence-corrected chi connectivity index (χ0v) is 12.5. The normalized spacial score (nSPS) is 21.3. The number of rotatable bonds is 4. The summed E-state index contributed by atoms with van der Waals surface area (Å²) in [7, 11) is 0. The lowest BCUT2D eigenvalue weighted by molar-refractivity contribution is 0.0696.